The van der Waals surface area contributed by atoms with E-state index in [4.69, 9.17) is 20.0 Å². The van der Waals surface area contributed by atoms with Gasteiger partial charge in [0.2, 0.25) is 0 Å². The fourth-order valence-corrected chi connectivity index (χ4v) is 1.23. The highest BCUT2D eigenvalue weighted by molar-refractivity contribution is 6.15. The first-order valence-electron chi connectivity index (χ1n) is 7.28. The van der Waals surface area contributed by atoms with Crippen molar-refractivity contribution in [2.75, 3.05) is 19.6 Å². The molecule has 0 rings (SSSR count). The summed E-state index contributed by atoms with van der Waals surface area (Å²) >= 11 is 4.64. The van der Waals surface area contributed by atoms with Gasteiger partial charge in [0, 0.05) is 6.38 Å². The number of carbonyl (C=O) groups is 2. The van der Waals surface area contributed by atoms with Gasteiger partial charge < -0.3 is 15.2 Å². The standard InChI is InChI=1S/C14H26N2O5.CH3Cl/c1-5-6-9-19-13(18)16-20-10-7-8-11(15)12(17)21-14(2,3)4;1-2/h5-6,11H,7-10,15H2,1-4H3,(H,16,18);1H3/b6-5+;. The first-order valence-corrected chi connectivity index (χ1v) is 8.04. The first kappa shape index (κ1) is 23.9. The van der Waals surface area contributed by atoms with Gasteiger partial charge in [-0.25, -0.2) is 4.79 Å². The monoisotopic (exact) mass is 352 g/mol. The van der Waals surface area contributed by atoms with E-state index in [1.807, 2.05) is 6.92 Å². The minimum Gasteiger partial charge on any atom is -0.459 e. The Balaban J connectivity index is 0. The van der Waals surface area contributed by atoms with Crippen LogP contribution in [0.15, 0.2) is 12.2 Å². The van der Waals surface area contributed by atoms with E-state index in [1.54, 1.807) is 32.9 Å². The lowest BCUT2D eigenvalue weighted by Gasteiger charge is -2.22. The molecule has 0 aromatic rings. The fourth-order valence-electron chi connectivity index (χ4n) is 1.23. The van der Waals surface area contributed by atoms with Crippen LogP contribution in [0.4, 0.5) is 4.79 Å². The topological polar surface area (TPSA) is 99.9 Å². The summed E-state index contributed by atoms with van der Waals surface area (Å²) < 4.78 is 9.89. The van der Waals surface area contributed by atoms with E-state index in [2.05, 4.69) is 17.1 Å². The second-order valence-electron chi connectivity index (χ2n) is 5.40. The van der Waals surface area contributed by atoms with Crippen molar-refractivity contribution < 1.29 is 23.9 Å². The number of nitrogens with two attached hydrogens (primary N) is 1. The van der Waals surface area contributed by atoms with Gasteiger partial charge >= 0.3 is 12.1 Å². The molecule has 0 aliphatic rings. The molecule has 0 aliphatic carbocycles. The van der Waals surface area contributed by atoms with Gasteiger partial charge in [-0.05, 0) is 40.5 Å². The van der Waals surface area contributed by atoms with Crippen molar-refractivity contribution in [1.29, 1.82) is 0 Å². The Bertz CT molecular complexity index is 356. The zero-order chi connectivity index (χ0) is 18.3. The minimum absolute atomic E-state index is 0.190. The molecule has 8 heteroatoms. The van der Waals surface area contributed by atoms with Crippen LogP contribution >= 0.6 is 11.6 Å². The molecule has 7 nitrogen and oxygen atoms in total. The third kappa shape index (κ3) is 16.9. The number of nitrogens with one attached hydrogen (secondary N) is 1. The molecule has 0 aliphatic heterocycles. The van der Waals surface area contributed by atoms with Crippen molar-refractivity contribution in [1.82, 2.24) is 5.48 Å². The second kappa shape index (κ2) is 14.3. The lowest BCUT2D eigenvalue weighted by Crippen LogP contribution is -2.37. The van der Waals surface area contributed by atoms with E-state index in [-0.39, 0.29) is 13.2 Å². The molecule has 0 fully saturated rings. The molecule has 1 unspecified atom stereocenters. The number of carbonyl (C=O) groups excluding carboxylic acids is 2. The van der Waals surface area contributed by atoms with Gasteiger partial charge in [0.25, 0.3) is 0 Å². The van der Waals surface area contributed by atoms with Crippen molar-refractivity contribution >= 4 is 23.7 Å². The summed E-state index contributed by atoms with van der Waals surface area (Å²) in [5, 5.41) is 0. The molecule has 0 aromatic carbocycles. The van der Waals surface area contributed by atoms with E-state index < -0.39 is 23.7 Å². The van der Waals surface area contributed by atoms with Gasteiger partial charge in [-0.3, -0.25) is 9.63 Å². The lowest BCUT2D eigenvalue weighted by atomic mass is 10.1. The second-order valence-corrected chi connectivity index (χ2v) is 5.40. The number of esters is 1. The summed E-state index contributed by atoms with van der Waals surface area (Å²) in [5.41, 5.74) is 7.28. The van der Waals surface area contributed by atoms with Crippen LogP contribution in [0.2, 0.25) is 0 Å². The number of alkyl halides is 1. The smallest absolute Gasteiger partial charge is 0.431 e. The zero-order valence-electron chi connectivity index (χ0n) is 14.6. The average Bonchev–Trinajstić information content (AvgIpc) is 2.47. The van der Waals surface area contributed by atoms with Crippen LogP contribution in [0.3, 0.4) is 0 Å². The van der Waals surface area contributed by atoms with Crippen LogP contribution in [0.25, 0.3) is 0 Å². The first-order chi connectivity index (χ1) is 10.8. The number of hydrogen-bond donors (Lipinski definition) is 2. The summed E-state index contributed by atoms with van der Waals surface area (Å²) in [6.07, 6.45) is 5.19. The summed E-state index contributed by atoms with van der Waals surface area (Å²) in [6, 6.07) is -0.700. The molecular weight excluding hydrogens is 324 g/mol. The van der Waals surface area contributed by atoms with Crippen LogP contribution in [0.5, 0.6) is 0 Å². The van der Waals surface area contributed by atoms with Gasteiger partial charge in [0.1, 0.15) is 18.2 Å². The van der Waals surface area contributed by atoms with Gasteiger partial charge in [-0.15, -0.1) is 11.6 Å². The normalized spacial score (nSPS) is 12.1. The van der Waals surface area contributed by atoms with Gasteiger partial charge in [-0.2, -0.15) is 5.48 Å². The predicted octanol–water partition coefficient (Wildman–Crippen LogP) is 2.52. The van der Waals surface area contributed by atoms with Crippen LogP contribution in [-0.2, 0) is 19.1 Å². The third-order valence-corrected chi connectivity index (χ3v) is 2.17. The molecule has 1 atom stereocenters. The molecule has 0 spiro atoms. The molecule has 0 saturated heterocycles. The zero-order valence-corrected chi connectivity index (χ0v) is 15.3. The Labute approximate surface area is 143 Å². The van der Waals surface area contributed by atoms with Crippen molar-refractivity contribution in [2.45, 2.75) is 52.2 Å². The number of rotatable bonds is 8. The Morgan fingerprint density at radius 2 is 1.91 bits per heavy atom. The molecule has 0 saturated carbocycles. The van der Waals surface area contributed by atoms with E-state index in [1.165, 1.54) is 6.38 Å². The minimum atomic E-state index is -0.700. The lowest BCUT2D eigenvalue weighted by molar-refractivity contribution is -0.156. The molecule has 0 bridgehead atoms. The van der Waals surface area contributed by atoms with E-state index in [9.17, 15) is 9.59 Å². The maximum atomic E-state index is 11.6. The van der Waals surface area contributed by atoms with Crippen molar-refractivity contribution in [2.24, 2.45) is 5.73 Å². The van der Waals surface area contributed by atoms with Gasteiger partial charge in [0.15, 0.2) is 0 Å². The van der Waals surface area contributed by atoms with Crippen LogP contribution < -0.4 is 11.2 Å². The van der Waals surface area contributed by atoms with Gasteiger partial charge in [0.05, 0.1) is 6.61 Å². The Morgan fingerprint density at radius 1 is 1.30 bits per heavy atom. The summed E-state index contributed by atoms with van der Waals surface area (Å²) in [4.78, 5) is 27.6. The number of hydrogen-bond acceptors (Lipinski definition) is 6. The molecule has 3 N–H and O–H groups in total. The maximum Gasteiger partial charge on any atom is 0.431 e. The van der Waals surface area contributed by atoms with Gasteiger partial charge in [-0.1, -0.05) is 12.2 Å². The largest absolute Gasteiger partial charge is 0.459 e. The quantitative estimate of drug-likeness (QED) is 0.229. The van der Waals surface area contributed by atoms with Crippen LogP contribution in [0.1, 0.15) is 40.5 Å². The molecule has 0 aromatic heterocycles. The van der Waals surface area contributed by atoms with Crippen molar-refractivity contribution in [3.8, 4) is 0 Å². The fraction of sp³-hybridized carbons (Fsp3) is 0.733. The van der Waals surface area contributed by atoms with Crippen LogP contribution in [-0.4, -0.2) is 43.3 Å². The van der Waals surface area contributed by atoms with Crippen molar-refractivity contribution in [3.05, 3.63) is 12.2 Å². The Hall–Kier alpha value is -1.31. The van der Waals surface area contributed by atoms with Crippen LogP contribution in [0, 0.1) is 0 Å². The highest BCUT2D eigenvalue weighted by atomic mass is 35.5. The third-order valence-electron chi connectivity index (χ3n) is 2.17. The maximum absolute atomic E-state index is 11.6. The number of hydroxylamine groups is 1. The SMILES string of the molecule is C/C=C/COC(=O)NOCCCC(N)C(=O)OC(C)(C)C.CCl. The molecule has 23 heavy (non-hydrogen) atoms. The molecule has 0 heterocycles. The summed E-state index contributed by atoms with van der Waals surface area (Å²) in [5.74, 6) is -0.443. The van der Waals surface area contributed by atoms with E-state index in [0.717, 1.165) is 0 Å². The number of halogens is 1. The van der Waals surface area contributed by atoms with E-state index >= 15 is 0 Å². The summed E-state index contributed by atoms with van der Waals surface area (Å²) in [7, 11) is 0. The Morgan fingerprint density at radius 3 is 2.43 bits per heavy atom. The number of ether oxygens (including phenoxy) is 2. The molecule has 0 radical (unpaired) electrons. The van der Waals surface area contributed by atoms with Crippen molar-refractivity contribution in [3.63, 3.8) is 0 Å². The number of allylic oxidation sites excluding steroid dienone is 1. The highest BCUT2D eigenvalue weighted by Gasteiger charge is 2.21. The molecule has 136 valence electrons. The molecular formula is C15H29ClN2O5. The van der Waals surface area contributed by atoms with E-state index in [0.29, 0.717) is 12.8 Å². The average molecular weight is 353 g/mol. The molecule has 1 amide bonds. The number of amides is 1. The highest BCUT2D eigenvalue weighted by Crippen LogP contribution is 2.09. The predicted molar refractivity (Wildman–Crippen MR) is 90.1 cm³/mol. The summed E-state index contributed by atoms with van der Waals surface area (Å²) in [6.45, 7) is 7.59. The Kier molecular flexibility index (Phi) is 14.9.